The first-order valence-electron chi connectivity index (χ1n) is 8.37. The van der Waals surface area contributed by atoms with E-state index in [-0.39, 0.29) is 18.1 Å². The second-order valence-electron chi connectivity index (χ2n) is 6.41. The fraction of sp³-hybridized carbons (Fsp3) is 0.421. The molecular formula is C19H24N2O2S. The van der Waals surface area contributed by atoms with Crippen LogP contribution in [0.25, 0.3) is 0 Å². The van der Waals surface area contributed by atoms with Crippen LogP contribution in [0.3, 0.4) is 0 Å². The van der Waals surface area contributed by atoms with Gasteiger partial charge in [-0.25, -0.2) is 0 Å². The largest absolute Gasteiger partial charge is 0.373 e. The Balaban J connectivity index is 1.63. The van der Waals surface area contributed by atoms with Gasteiger partial charge in [0, 0.05) is 37.1 Å². The van der Waals surface area contributed by atoms with Crippen LogP contribution in [0.1, 0.15) is 35.3 Å². The van der Waals surface area contributed by atoms with E-state index in [0.29, 0.717) is 6.54 Å². The molecule has 0 aliphatic carbocycles. The van der Waals surface area contributed by atoms with Crippen molar-refractivity contribution in [1.29, 1.82) is 0 Å². The fourth-order valence-electron chi connectivity index (χ4n) is 3.21. The normalized spacial score (nSPS) is 21.6. The summed E-state index contributed by atoms with van der Waals surface area (Å²) < 4.78 is 5.81. The highest BCUT2D eigenvalue weighted by atomic mass is 32.1. The second-order valence-corrected chi connectivity index (χ2v) is 7.19. The average molecular weight is 344 g/mol. The molecule has 2 aromatic rings. The maximum absolute atomic E-state index is 12.1. The smallest absolute Gasteiger partial charge is 0.252 e. The van der Waals surface area contributed by atoms with Gasteiger partial charge in [-0.2, -0.15) is 11.3 Å². The molecule has 1 aliphatic heterocycles. The molecule has 1 aromatic carbocycles. The lowest BCUT2D eigenvalue weighted by Crippen LogP contribution is -2.45. The van der Waals surface area contributed by atoms with Crippen LogP contribution in [0.4, 0.5) is 0 Å². The van der Waals surface area contributed by atoms with Crippen molar-refractivity contribution < 1.29 is 9.53 Å². The summed E-state index contributed by atoms with van der Waals surface area (Å²) >= 11 is 1.54. The number of benzene rings is 1. The zero-order valence-corrected chi connectivity index (χ0v) is 15.0. The van der Waals surface area contributed by atoms with Crippen molar-refractivity contribution >= 4 is 17.2 Å². The van der Waals surface area contributed by atoms with E-state index in [2.05, 4.69) is 42.3 Å². The molecule has 2 atom stereocenters. The summed E-state index contributed by atoms with van der Waals surface area (Å²) in [5, 5.41) is 6.81. The number of rotatable bonds is 5. The first kappa shape index (κ1) is 17.1. The lowest BCUT2D eigenvalue weighted by molar-refractivity contribution is -0.0705. The molecule has 128 valence electrons. The summed E-state index contributed by atoms with van der Waals surface area (Å²) in [6.07, 6.45) is 0.526. The van der Waals surface area contributed by atoms with E-state index in [9.17, 15) is 4.79 Å². The number of amides is 1. The SMILES string of the molecule is C[C@@H]1CN(Cc2ccccc2CNC(=O)c2ccsc2)C[C@@H](C)O1. The van der Waals surface area contributed by atoms with Crippen molar-refractivity contribution in [2.75, 3.05) is 13.1 Å². The molecule has 24 heavy (non-hydrogen) atoms. The molecule has 1 fully saturated rings. The van der Waals surface area contributed by atoms with Crippen LogP contribution in [0.2, 0.25) is 0 Å². The van der Waals surface area contributed by atoms with Gasteiger partial charge in [0.15, 0.2) is 0 Å². The van der Waals surface area contributed by atoms with Crippen LogP contribution < -0.4 is 5.32 Å². The first-order valence-corrected chi connectivity index (χ1v) is 9.31. The van der Waals surface area contributed by atoms with Crippen molar-refractivity contribution in [1.82, 2.24) is 10.2 Å². The van der Waals surface area contributed by atoms with Gasteiger partial charge in [-0.1, -0.05) is 24.3 Å². The number of carbonyl (C=O) groups is 1. The van der Waals surface area contributed by atoms with Crippen molar-refractivity contribution in [2.24, 2.45) is 0 Å². The second kappa shape index (κ2) is 7.92. The van der Waals surface area contributed by atoms with Gasteiger partial charge in [-0.3, -0.25) is 9.69 Å². The molecule has 5 heteroatoms. The van der Waals surface area contributed by atoms with Gasteiger partial charge in [0.1, 0.15) is 0 Å². The first-order chi connectivity index (χ1) is 11.6. The quantitative estimate of drug-likeness (QED) is 0.905. The van der Waals surface area contributed by atoms with Gasteiger partial charge in [0.25, 0.3) is 5.91 Å². The third-order valence-electron chi connectivity index (χ3n) is 4.23. The van der Waals surface area contributed by atoms with E-state index in [4.69, 9.17) is 4.74 Å². The molecule has 1 aromatic heterocycles. The molecule has 1 N–H and O–H groups in total. The van der Waals surface area contributed by atoms with Crippen LogP contribution in [0.5, 0.6) is 0 Å². The van der Waals surface area contributed by atoms with E-state index in [1.165, 1.54) is 22.5 Å². The highest BCUT2D eigenvalue weighted by Gasteiger charge is 2.22. The molecule has 0 bridgehead atoms. The predicted molar refractivity (Wildman–Crippen MR) is 97.2 cm³/mol. The molecule has 1 amide bonds. The Morgan fingerprint density at radius 3 is 2.58 bits per heavy atom. The summed E-state index contributed by atoms with van der Waals surface area (Å²) in [4.78, 5) is 14.6. The maximum atomic E-state index is 12.1. The lowest BCUT2D eigenvalue weighted by Gasteiger charge is -2.35. The number of hydrogen-bond acceptors (Lipinski definition) is 4. The third-order valence-corrected chi connectivity index (χ3v) is 4.91. The molecule has 0 saturated carbocycles. The summed E-state index contributed by atoms with van der Waals surface area (Å²) in [5.41, 5.74) is 3.17. The number of nitrogens with zero attached hydrogens (tertiary/aromatic N) is 1. The van der Waals surface area contributed by atoms with Crippen molar-refractivity contribution in [3.8, 4) is 0 Å². The predicted octanol–water partition coefficient (Wildman–Crippen LogP) is 3.29. The summed E-state index contributed by atoms with van der Waals surface area (Å²) in [6.45, 7) is 7.58. The van der Waals surface area contributed by atoms with Crippen LogP contribution in [0, 0.1) is 0 Å². The fourth-order valence-corrected chi connectivity index (χ4v) is 3.85. The topological polar surface area (TPSA) is 41.6 Å². The van der Waals surface area contributed by atoms with E-state index in [1.54, 1.807) is 0 Å². The minimum atomic E-state index is -0.0142. The highest BCUT2D eigenvalue weighted by Crippen LogP contribution is 2.17. The zero-order valence-electron chi connectivity index (χ0n) is 14.2. The Morgan fingerprint density at radius 1 is 1.21 bits per heavy atom. The summed E-state index contributed by atoms with van der Waals surface area (Å²) in [5.74, 6) is -0.0142. The van der Waals surface area contributed by atoms with E-state index < -0.39 is 0 Å². The number of morpholine rings is 1. The number of ether oxygens (including phenoxy) is 1. The standard InChI is InChI=1S/C19H24N2O2S/c1-14-10-21(11-15(2)23-14)12-17-6-4-3-5-16(17)9-20-19(22)18-7-8-24-13-18/h3-8,13-15H,9-12H2,1-2H3,(H,20,22)/t14-,15-/m1/s1. The lowest BCUT2D eigenvalue weighted by atomic mass is 10.1. The van der Waals surface area contributed by atoms with E-state index >= 15 is 0 Å². The Kier molecular flexibility index (Phi) is 5.66. The Labute approximate surface area is 147 Å². The van der Waals surface area contributed by atoms with Gasteiger partial charge in [0.05, 0.1) is 12.2 Å². The highest BCUT2D eigenvalue weighted by molar-refractivity contribution is 7.08. The van der Waals surface area contributed by atoms with Crippen LogP contribution in [-0.4, -0.2) is 36.1 Å². The third kappa shape index (κ3) is 4.44. The van der Waals surface area contributed by atoms with Crippen molar-refractivity contribution in [2.45, 2.75) is 39.1 Å². The Bertz CT molecular complexity index is 662. The van der Waals surface area contributed by atoms with Gasteiger partial charge >= 0.3 is 0 Å². The van der Waals surface area contributed by atoms with Crippen LogP contribution in [0.15, 0.2) is 41.1 Å². The molecule has 3 rings (SSSR count). The molecule has 0 spiro atoms. The van der Waals surface area contributed by atoms with Crippen LogP contribution in [-0.2, 0) is 17.8 Å². The molecule has 4 nitrogen and oxygen atoms in total. The van der Waals surface area contributed by atoms with Gasteiger partial charge in [-0.05, 0) is 36.4 Å². The number of carbonyl (C=O) groups excluding carboxylic acids is 1. The maximum Gasteiger partial charge on any atom is 0.252 e. The number of thiophene rings is 1. The van der Waals surface area contributed by atoms with E-state index in [1.807, 2.05) is 22.9 Å². The van der Waals surface area contributed by atoms with Crippen LogP contribution >= 0.6 is 11.3 Å². The summed E-state index contributed by atoms with van der Waals surface area (Å²) in [6, 6.07) is 10.2. The minimum Gasteiger partial charge on any atom is -0.373 e. The number of nitrogens with one attached hydrogen (secondary N) is 1. The Morgan fingerprint density at radius 2 is 1.92 bits per heavy atom. The summed E-state index contributed by atoms with van der Waals surface area (Å²) in [7, 11) is 0. The number of hydrogen-bond donors (Lipinski definition) is 1. The molecule has 0 unspecified atom stereocenters. The molecule has 1 saturated heterocycles. The van der Waals surface area contributed by atoms with Gasteiger partial charge in [0.2, 0.25) is 0 Å². The molecule has 0 radical (unpaired) electrons. The molecule has 1 aliphatic rings. The Hall–Kier alpha value is -1.69. The van der Waals surface area contributed by atoms with Crippen molar-refractivity contribution in [3.05, 3.63) is 57.8 Å². The molecule has 2 heterocycles. The monoisotopic (exact) mass is 344 g/mol. The zero-order chi connectivity index (χ0) is 16.9. The van der Waals surface area contributed by atoms with Gasteiger partial charge in [-0.15, -0.1) is 0 Å². The van der Waals surface area contributed by atoms with Crippen molar-refractivity contribution in [3.63, 3.8) is 0 Å². The molecular weight excluding hydrogens is 320 g/mol. The average Bonchev–Trinajstić information content (AvgIpc) is 3.07. The van der Waals surface area contributed by atoms with E-state index in [0.717, 1.165) is 25.2 Å². The minimum absolute atomic E-state index is 0.0142. The van der Waals surface area contributed by atoms with Gasteiger partial charge < -0.3 is 10.1 Å².